The first-order valence-corrected chi connectivity index (χ1v) is 10.8. The summed E-state index contributed by atoms with van der Waals surface area (Å²) in [5.74, 6) is 1.18. The molecule has 0 saturated carbocycles. The van der Waals surface area contributed by atoms with E-state index in [1.54, 1.807) is 0 Å². The van der Waals surface area contributed by atoms with Gasteiger partial charge in [0, 0.05) is 12.1 Å². The van der Waals surface area contributed by atoms with Crippen LogP contribution in [-0.2, 0) is 11.2 Å². The summed E-state index contributed by atoms with van der Waals surface area (Å²) in [5.41, 5.74) is 1.94. The topological polar surface area (TPSA) is 47.6 Å². The number of rotatable bonds is 8. The highest BCUT2D eigenvalue weighted by Crippen LogP contribution is 2.33. The van der Waals surface area contributed by atoms with Gasteiger partial charge in [0.2, 0.25) is 0 Å². The summed E-state index contributed by atoms with van der Waals surface area (Å²) < 4.78 is 12.3. The highest BCUT2D eigenvalue weighted by Gasteiger charge is 2.09. The minimum Gasteiger partial charge on any atom is -0.493 e. The van der Waals surface area contributed by atoms with Gasteiger partial charge in [-0.2, -0.15) is 0 Å². The van der Waals surface area contributed by atoms with E-state index in [1.165, 1.54) is 5.56 Å². The number of hydrogen-bond donors (Lipinski definition) is 1. The SMILES string of the molecule is O=C(COc1ccc2ccccc2c1Br)Nc1ccc(OCCc2ccccc2)cc1. The highest BCUT2D eigenvalue weighted by molar-refractivity contribution is 9.10. The quantitative estimate of drug-likeness (QED) is 0.328. The maximum absolute atomic E-state index is 12.3. The molecule has 5 heteroatoms. The fourth-order valence-corrected chi connectivity index (χ4v) is 3.84. The Kier molecular flexibility index (Phi) is 6.85. The van der Waals surface area contributed by atoms with E-state index in [2.05, 4.69) is 33.4 Å². The van der Waals surface area contributed by atoms with E-state index >= 15 is 0 Å². The van der Waals surface area contributed by atoms with E-state index in [0.717, 1.165) is 27.4 Å². The van der Waals surface area contributed by atoms with Crippen molar-refractivity contribution in [2.24, 2.45) is 0 Å². The van der Waals surface area contributed by atoms with E-state index in [1.807, 2.05) is 78.9 Å². The van der Waals surface area contributed by atoms with Crippen LogP contribution in [0.4, 0.5) is 5.69 Å². The number of halogens is 1. The van der Waals surface area contributed by atoms with Crippen LogP contribution in [-0.4, -0.2) is 19.1 Å². The number of carbonyl (C=O) groups is 1. The number of anilines is 1. The molecule has 0 radical (unpaired) electrons. The molecule has 0 heterocycles. The molecule has 0 fully saturated rings. The molecule has 0 spiro atoms. The predicted molar refractivity (Wildman–Crippen MR) is 128 cm³/mol. The summed E-state index contributed by atoms with van der Waals surface area (Å²) in [7, 11) is 0. The van der Waals surface area contributed by atoms with Gasteiger partial charge in [-0.05, 0) is 62.6 Å². The zero-order valence-corrected chi connectivity index (χ0v) is 18.5. The van der Waals surface area contributed by atoms with Crippen molar-refractivity contribution < 1.29 is 14.3 Å². The van der Waals surface area contributed by atoms with Gasteiger partial charge in [-0.15, -0.1) is 0 Å². The van der Waals surface area contributed by atoms with Crippen LogP contribution in [0.2, 0.25) is 0 Å². The summed E-state index contributed by atoms with van der Waals surface area (Å²) in [6.07, 6.45) is 0.848. The molecule has 0 unspecified atom stereocenters. The summed E-state index contributed by atoms with van der Waals surface area (Å²) in [6.45, 7) is 0.524. The Hall–Kier alpha value is -3.31. The molecule has 4 rings (SSSR count). The molecule has 1 amide bonds. The van der Waals surface area contributed by atoms with Crippen molar-refractivity contribution in [2.75, 3.05) is 18.5 Å². The smallest absolute Gasteiger partial charge is 0.262 e. The largest absolute Gasteiger partial charge is 0.493 e. The summed E-state index contributed by atoms with van der Waals surface area (Å²) >= 11 is 3.57. The molecular formula is C26H22BrNO3. The molecule has 0 bridgehead atoms. The molecular weight excluding hydrogens is 454 g/mol. The van der Waals surface area contributed by atoms with Gasteiger partial charge in [0.1, 0.15) is 11.5 Å². The first-order chi connectivity index (χ1) is 15.2. The number of fused-ring (bicyclic) bond motifs is 1. The number of amides is 1. The third kappa shape index (κ3) is 5.64. The van der Waals surface area contributed by atoms with Crippen molar-refractivity contribution in [2.45, 2.75) is 6.42 Å². The molecule has 4 aromatic rings. The van der Waals surface area contributed by atoms with Crippen molar-refractivity contribution in [3.05, 3.63) is 101 Å². The number of ether oxygens (including phenoxy) is 2. The highest BCUT2D eigenvalue weighted by atomic mass is 79.9. The van der Waals surface area contributed by atoms with Crippen LogP contribution in [0, 0.1) is 0 Å². The summed E-state index contributed by atoms with van der Waals surface area (Å²) in [4.78, 5) is 12.3. The van der Waals surface area contributed by atoms with Gasteiger partial charge < -0.3 is 14.8 Å². The lowest BCUT2D eigenvalue weighted by Gasteiger charge is -2.11. The monoisotopic (exact) mass is 475 g/mol. The maximum atomic E-state index is 12.3. The predicted octanol–water partition coefficient (Wildman–Crippen LogP) is 6.24. The first-order valence-electron chi connectivity index (χ1n) is 10.1. The van der Waals surface area contributed by atoms with E-state index in [-0.39, 0.29) is 12.5 Å². The molecule has 0 aliphatic rings. The molecule has 4 nitrogen and oxygen atoms in total. The van der Waals surface area contributed by atoms with E-state index in [9.17, 15) is 4.79 Å². The van der Waals surface area contributed by atoms with Crippen LogP contribution in [0.5, 0.6) is 11.5 Å². The van der Waals surface area contributed by atoms with Crippen molar-refractivity contribution in [1.29, 1.82) is 0 Å². The Morgan fingerprint density at radius 2 is 1.55 bits per heavy atom. The van der Waals surface area contributed by atoms with Gasteiger partial charge in [-0.25, -0.2) is 0 Å². The van der Waals surface area contributed by atoms with Crippen LogP contribution >= 0.6 is 15.9 Å². The van der Waals surface area contributed by atoms with Gasteiger partial charge in [-0.3, -0.25) is 4.79 Å². The van der Waals surface area contributed by atoms with Crippen LogP contribution in [0.25, 0.3) is 10.8 Å². The molecule has 0 saturated heterocycles. The second-order valence-corrected chi connectivity index (χ2v) is 7.84. The Morgan fingerprint density at radius 3 is 2.35 bits per heavy atom. The van der Waals surface area contributed by atoms with E-state index < -0.39 is 0 Å². The number of benzene rings is 4. The Morgan fingerprint density at radius 1 is 0.806 bits per heavy atom. The number of hydrogen-bond acceptors (Lipinski definition) is 3. The second-order valence-electron chi connectivity index (χ2n) is 7.04. The Bertz CT molecular complexity index is 1160. The minimum atomic E-state index is -0.224. The Labute approximate surface area is 189 Å². The normalized spacial score (nSPS) is 10.6. The average Bonchev–Trinajstić information content (AvgIpc) is 2.81. The lowest BCUT2D eigenvalue weighted by atomic mass is 10.1. The molecule has 0 atom stereocenters. The van der Waals surface area contributed by atoms with Crippen molar-refractivity contribution in [3.8, 4) is 11.5 Å². The first kappa shape index (κ1) is 20.9. The molecule has 31 heavy (non-hydrogen) atoms. The zero-order valence-electron chi connectivity index (χ0n) is 16.9. The Balaban J connectivity index is 1.26. The summed E-state index contributed by atoms with van der Waals surface area (Å²) in [5, 5.41) is 5.00. The molecule has 156 valence electrons. The zero-order chi connectivity index (χ0) is 21.5. The molecule has 1 N–H and O–H groups in total. The fourth-order valence-electron chi connectivity index (χ4n) is 3.23. The lowest BCUT2D eigenvalue weighted by molar-refractivity contribution is -0.118. The van der Waals surface area contributed by atoms with Crippen molar-refractivity contribution >= 4 is 38.3 Å². The number of carbonyl (C=O) groups excluding carboxylic acids is 1. The van der Waals surface area contributed by atoms with Gasteiger partial charge >= 0.3 is 0 Å². The van der Waals surface area contributed by atoms with E-state index in [0.29, 0.717) is 18.0 Å². The maximum Gasteiger partial charge on any atom is 0.262 e. The van der Waals surface area contributed by atoms with Gasteiger partial charge in [-0.1, -0.05) is 60.7 Å². The third-order valence-corrected chi connectivity index (χ3v) is 5.64. The summed E-state index contributed by atoms with van der Waals surface area (Å²) in [6, 6.07) is 29.4. The second kappa shape index (κ2) is 10.1. The number of nitrogens with one attached hydrogen (secondary N) is 1. The van der Waals surface area contributed by atoms with Crippen molar-refractivity contribution in [3.63, 3.8) is 0 Å². The molecule has 0 aliphatic carbocycles. The fraction of sp³-hybridized carbons (Fsp3) is 0.115. The minimum absolute atomic E-state index is 0.0771. The molecule has 0 aliphatic heterocycles. The van der Waals surface area contributed by atoms with Gasteiger partial charge in [0.15, 0.2) is 6.61 Å². The van der Waals surface area contributed by atoms with E-state index in [4.69, 9.17) is 9.47 Å². The average molecular weight is 476 g/mol. The van der Waals surface area contributed by atoms with Gasteiger partial charge in [0.05, 0.1) is 11.1 Å². The van der Waals surface area contributed by atoms with Crippen LogP contribution in [0.15, 0.2) is 95.5 Å². The molecule has 0 aromatic heterocycles. The lowest BCUT2D eigenvalue weighted by Crippen LogP contribution is -2.20. The van der Waals surface area contributed by atoms with Crippen LogP contribution in [0.1, 0.15) is 5.56 Å². The van der Waals surface area contributed by atoms with Crippen molar-refractivity contribution in [1.82, 2.24) is 0 Å². The molecule has 4 aromatic carbocycles. The van der Waals surface area contributed by atoms with Gasteiger partial charge in [0.25, 0.3) is 5.91 Å². The van der Waals surface area contributed by atoms with Crippen LogP contribution in [0.3, 0.4) is 0 Å². The van der Waals surface area contributed by atoms with Crippen LogP contribution < -0.4 is 14.8 Å². The standard InChI is InChI=1S/C26H22BrNO3/c27-26-23-9-5-4-8-20(23)10-15-24(26)31-18-25(29)28-21-11-13-22(14-12-21)30-17-16-19-6-2-1-3-7-19/h1-15H,16-18H2,(H,28,29). The third-order valence-electron chi connectivity index (χ3n) is 4.83.